The second-order valence-electron chi connectivity index (χ2n) is 8.98. The Kier molecular flexibility index (Phi) is 8.03. The Morgan fingerprint density at radius 3 is 2.72 bits per heavy atom. The van der Waals surface area contributed by atoms with Crippen LogP contribution in [0.25, 0.3) is 0 Å². The lowest BCUT2D eigenvalue weighted by Gasteiger charge is -2.27. The summed E-state index contributed by atoms with van der Waals surface area (Å²) in [5.41, 5.74) is 2.32. The molecule has 36 heavy (non-hydrogen) atoms. The highest BCUT2D eigenvalue weighted by molar-refractivity contribution is 5.84. The van der Waals surface area contributed by atoms with E-state index < -0.39 is 29.7 Å². The van der Waals surface area contributed by atoms with Gasteiger partial charge in [0.05, 0.1) is 30.9 Å². The molecular weight excluding hydrogens is 473 g/mol. The van der Waals surface area contributed by atoms with Crippen molar-refractivity contribution in [2.24, 2.45) is 0 Å². The minimum atomic E-state index is -4.50. The van der Waals surface area contributed by atoms with Crippen LogP contribution in [0.2, 0.25) is 0 Å². The van der Waals surface area contributed by atoms with Gasteiger partial charge in [0.15, 0.2) is 0 Å². The van der Waals surface area contributed by atoms with E-state index in [1.165, 1.54) is 17.0 Å². The smallest absolute Gasteiger partial charge is 0.382 e. The Balaban J connectivity index is 1.33. The average molecular weight is 505 g/mol. The molecule has 2 atom stereocenters. The Hall–Kier alpha value is -3.27. The highest BCUT2D eigenvalue weighted by Crippen LogP contribution is 2.40. The molecule has 0 spiro atoms. The molecule has 0 aliphatic carbocycles. The molecule has 0 bridgehead atoms. The molecule has 3 amide bonds. The van der Waals surface area contributed by atoms with Crippen LogP contribution in [0.3, 0.4) is 0 Å². The van der Waals surface area contributed by atoms with E-state index >= 15 is 0 Å². The summed E-state index contributed by atoms with van der Waals surface area (Å²) < 4.78 is 46.3. The largest absolute Gasteiger partial charge is 0.416 e. The van der Waals surface area contributed by atoms with Crippen LogP contribution >= 0.6 is 0 Å². The molecule has 1 unspecified atom stereocenters. The first-order valence-electron chi connectivity index (χ1n) is 12.2. The number of amides is 3. The number of nitrogens with one attached hydrogen (secondary N) is 3. The van der Waals surface area contributed by atoms with Crippen LogP contribution < -0.4 is 16.0 Å². The monoisotopic (exact) mass is 504 g/mol. The molecule has 0 radical (unpaired) electrons. The lowest BCUT2D eigenvalue weighted by molar-refractivity contribution is -0.140. The Labute approximate surface area is 208 Å². The molecule has 1 saturated heterocycles. The van der Waals surface area contributed by atoms with Crippen LogP contribution in [-0.2, 0) is 22.3 Å². The average Bonchev–Trinajstić information content (AvgIpc) is 3.27. The summed E-state index contributed by atoms with van der Waals surface area (Å²) in [6, 6.07) is 10.0. The van der Waals surface area contributed by atoms with Gasteiger partial charge in [-0.15, -0.1) is 0 Å². The van der Waals surface area contributed by atoms with E-state index in [2.05, 4.69) is 22.9 Å². The second-order valence-corrected chi connectivity index (χ2v) is 8.98. The molecule has 1 fully saturated rings. The van der Waals surface area contributed by atoms with Gasteiger partial charge in [-0.05, 0) is 48.6 Å². The second kappa shape index (κ2) is 11.2. The minimum absolute atomic E-state index is 0.0164. The van der Waals surface area contributed by atoms with Gasteiger partial charge in [0.2, 0.25) is 5.91 Å². The summed E-state index contributed by atoms with van der Waals surface area (Å²) in [7, 11) is 0. The standard InChI is InChI=1S/C26H31F3N4O3/c1-2-23-19-14-17(9-10-21(19)30-11-13-36-23)15-31-25(35)32-16-24(34)33-12-5-8-22(33)18-6-3-4-7-20(18)26(27,28)29/h3-4,6-7,9-10,14,22-23,30H,2,5,8,11-13,15-16H2,1H3,(H2,31,32,35)/t22?,23-/m1/s1. The molecule has 2 heterocycles. The van der Waals surface area contributed by atoms with Gasteiger partial charge >= 0.3 is 12.2 Å². The van der Waals surface area contributed by atoms with Crippen molar-refractivity contribution >= 4 is 17.6 Å². The van der Waals surface area contributed by atoms with Crippen molar-refractivity contribution in [1.82, 2.24) is 15.5 Å². The maximum Gasteiger partial charge on any atom is 0.416 e. The van der Waals surface area contributed by atoms with Crippen molar-refractivity contribution in [3.05, 3.63) is 64.7 Å². The van der Waals surface area contributed by atoms with Gasteiger partial charge in [-0.3, -0.25) is 4.79 Å². The first kappa shape index (κ1) is 25.8. The van der Waals surface area contributed by atoms with Crippen LogP contribution in [0.5, 0.6) is 0 Å². The zero-order valence-electron chi connectivity index (χ0n) is 20.2. The predicted octanol–water partition coefficient (Wildman–Crippen LogP) is 4.76. The Morgan fingerprint density at radius 1 is 1.14 bits per heavy atom. The zero-order chi connectivity index (χ0) is 25.7. The summed E-state index contributed by atoms with van der Waals surface area (Å²) in [6.45, 7) is 3.73. The molecular formula is C26H31F3N4O3. The number of fused-ring (bicyclic) bond motifs is 1. The summed E-state index contributed by atoms with van der Waals surface area (Å²) in [5.74, 6) is -0.413. The van der Waals surface area contributed by atoms with Gasteiger partial charge in [0.25, 0.3) is 0 Å². The fourth-order valence-corrected chi connectivity index (χ4v) is 4.90. The molecule has 4 rings (SSSR count). The zero-order valence-corrected chi connectivity index (χ0v) is 20.2. The first-order chi connectivity index (χ1) is 17.3. The number of nitrogens with zero attached hydrogens (tertiary/aromatic N) is 1. The normalized spacial score (nSPS) is 19.7. The van der Waals surface area contributed by atoms with Crippen molar-refractivity contribution in [2.45, 2.75) is 51.1 Å². The van der Waals surface area contributed by atoms with E-state index in [1.807, 2.05) is 18.2 Å². The third kappa shape index (κ3) is 5.92. The topological polar surface area (TPSA) is 82.7 Å². The fraction of sp³-hybridized carbons (Fsp3) is 0.462. The van der Waals surface area contributed by atoms with E-state index in [1.54, 1.807) is 6.07 Å². The molecule has 2 aliphatic rings. The lowest BCUT2D eigenvalue weighted by atomic mass is 9.98. The lowest BCUT2D eigenvalue weighted by Crippen LogP contribution is -2.43. The fourth-order valence-electron chi connectivity index (χ4n) is 4.90. The molecule has 10 heteroatoms. The van der Waals surface area contributed by atoms with E-state index in [9.17, 15) is 22.8 Å². The summed E-state index contributed by atoms with van der Waals surface area (Å²) in [6.07, 6.45) is -2.64. The van der Waals surface area contributed by atoms with Crippen LogP contribution in [0.15, 0.2) is 42.5 Å². The van der Waals surface area contributed by atoms with Crippen LogP contribution in [0.1, 0.15) is 60.6 Å². The number of hydrogen-bond donors (Lipinski definition) is 3. The van der Waals surface area contributed by atoms with Gasteiger partial charge in [0, 0.05) is 30.9 Å². The molecule has 2 aromatic rings. The summed E-state index contributed by atoms with van der Waals surface area (Å²) in [4.78, 5) is 26.6. The van der Waals surface area contributed by atoms with E-state index in [0.717, 1.165) is 35.8 Å². The molecule has 2 aromatic carbocycles. The highest BCUT2D eigenvalue weighted by Gasteiger charge is 2.38. The van der Waals surface area contributed by atoms with Gasteiger partial charge in [-0.2, -0.15) is 13.2 Å². The predicted molar refractivity (Wildman–Crippen MR) is 129 cm³/mol. The third-order valence-electron chi connectivity index (χ3n) is 6.62. The molecule has 0 saturated carbocycles. The molecule has 194 valence electrons. The number of hydrogen-bond acceptors (Lipinski definition) is 4. The number of rotatable bonds is 6. The molecule has 2 aliphatic heterocycles. The number of urea groups is 1. The number of likely N-dealkylation sites (tertiary alicyclic amines) is 1. The number of anilines is 1. The Bertz CT molecular complexity index is 1090. The van der Waals surface area contributed by atoms with Crippen molar-refractivity contribution < 1.29 is 27.5 Å². The number of carbonyl (C=O) groups is 2. The van der Waals surface area contributed by atoms with Crippen LogP contribution in [0.4, 0.5) is 23.7 Å². The SMILES string of the molecule is CC[C@H]1OCCNc2ccc(CNC(=O)NCC(=O)N3CCCC3c3ccccc3C(F)(F)F)cc21. The van der Waals surface area contributed by atoms with E-state index in [4.69, 9.17) is 4.74 Å². The molecule has 3 N–H and O–H groups in total. The first-order valence-corrected chi connectivity index (χ1v) is 12.2. The van der Waals surface area contributed by atoms with Gasteiger partial charge in [0.1, 0.15) is 0 Å². The van der Waals surface area contributed by atoms with Crippen LogP contribution in [0, 0.1) is 0 Å². The highest BCUT2D eigenvalue weighted by atomic mass is 19.4. The Morgan fingerprint density at radius 2 is 1.94 bits per heavy atom. The van der Waals surface area contributed by atoms with Crippen molar-refractivity contribution in [2.75, 3.05) is 31.6 Å². The van der Waals surface area contributed by atoms with Gasteiger partial charge < -0.3 is 25.6 Å². The maximum atomic E-state index is 13.5. The summed E-state index contributed by atoms with van der Waals surface area (Å²) in [5, 5.41) is 8.62. The van der Waals surface area contributed by atoms with Crippen molar-refractivity contribution in [3.63, 3.8) is 0 Å². The third-order valence-corrected chi connectivity index (χ3v) is 6.62. The van der Waals surface area contributed by atoms with Crippen LogP contribution in [-0.4, -0.2) is 43.1 Å². The van der Waals surface area contributed by atoms with Crippen molar-refractivity contribution in [3.8, 4) is 0 Å². The number of halogens is 3. The number of alkyl halides is 3. The molecule has 7 nitrogen and oxygen atoms in total. The van der Waals surface area contributed by atoms with Gasteiger partial charge in [-0.25, -0.2) is 4.79 Å². The van der Waals surface area contributed by atoms with E-state index in [-0.39, 0.29) is 24.8 Å². The van der Waals surface area contributed by atoms with Gasteiger partial charge in [-0.1, -0.05) is 31.2 Å². The number of carbonyl (C=O) groups excluding carboxylic acids is 2. The molecule has 0 aromatic heterocycles. The number of benzene rings is 2. The quantitative estimate of drug-likeness (QED) is 0.530. The summed E-state index contributed by atoms with van der Waals surface area (Å²) >= 11 is 0. The van der Waals surface area contributed by atoms with E-state index in [0.29, 0.717) is 26.0 Å². The minimum Gasteiger partial charge on any atom is -0.382 e. The maximum absolute atomic E-state index is 13.5. The van der Waals surface area contributed by atoms with Crippen molar-refractivity contribution in [1.29, 1.82) is 0 Å². The number of ether oxygens (including phenoxy) is 1.